The van der Waals surface area contributed by atoms with Gasteiger partial charge in [0.05, 0.1) is 18.5 Å². The smallest absolute Gasteiger partial charge is 0.291 e. The molecule has 1 aliphatic rings. The molecule has 7 heteroatoms. The van der Waals surface area contributed by atoms with Gasteiger partial charge in [-0.2, -0.15) is 0 Å². The van der Waals surface area contributed by atoms with Crippen LogP contribution in [0.4, 0.5) is 0 Å². The summed E-state index contributed by atoms with van der Waals surface area (Å²) in [5.74, 6) is 1.29. The predicted molar refractivity (Wildman–Crippen MR) is 85.2 cm³/mol. The van der Waals surface area contributed by atoms with Crippen molar-refractivity contribution in [1.29, 1.82) is 0 Å². The molecule has 0 bridgehead atoms. The first-order valence-corrected chi connectivity index (χ1v) is 8.08. The van der Waals surface area contributed by atoms with E-state index in [1.54, 1.807) is 31.1 Å². The van der Waals surface area contributed by atoms with Crippen LogP contribution in [0.3, 0.4) is 0 Å². The number of nitrogens with zero attached hydrogens (tertiary/aromatic N) is 2. The van der Waals surface area contributed by atoms with Gasteiger partial charge in [0.2, 0.25) is 11.7 Å². The van der Waals surface area contributed by atoms with Gasteiger partial charge < -0.3 is 19.1 Å². The van der Waals surface area contributed by atoms with Crippen LogP contribution >= 0.6 is 0 Å². The molecule has 0 unspecified atom stereocenters. The Balaban J connectivity index is 1.51. The molecule has 7 nitrogen and oxygen atoms in total. The van der Waals surface area contributed by atoms with Crippen LogP contribution in [0.1, 0.15) is 40.7 Å². The average Bonchev–Trinajstić information content (AvgIpc) is 3.21. The molecule has 1 fully saturated rings. The van der Waals surface area contributed by atoms with Crippen LogP contribution < -0.4 is 5.32 Å². The Bertz CT molecular complexity index is 712. The summed E-state index contributed by atoms with van der Waals surface area (Å²) < 4.78 is 10.6. The molecule has 128 valence electrons. The lowest BCUT2D eigenvalue weighted by atomic mass is 9.95. The Morgan fingerprint density at radius 3 is 2.67 bits per heavy atom. The zero-order valence-corrected chi connectivity index (χ0v) is 13.9. The highest BCUT2D eigenvalue weighted by Gasteiger charge is 2.30. The second-order valence-corrected chi connectivity index (χ2v) is 6.01. The summed E-state index contributed by atoms with van der Waals surface area (Å²) in [4.78, 5) is 30.5. The van der Waals surface area contributed by atoms with Crippen LogP contribution in [0, 0.1) is 19.8 Å². The zero-order valence-electron chi connectivity index (χ0n) is 13.9. The standard InChI is InChI=1S/C17H21N3O4/c1-11-15(24-12(2)19-11)17(22)20-7-5-13(6-8-20)16(21)18-10-14-4-3-9-23-14/h3-4,9,13H,5-8,10H2,1-2H3,(H,18,21). The Morgan fingerprint density at radius 2 is 2.08 bits per heavy atom. The average molecular weight is 331 g/mol. The van der Waals surface area contributed by atoms with Crippen molar-refractivity contribution in [2.45, 2.75) is 33.2 Å². The number of oxazole rings is 1. The monoisotopic (exact) mass is 331 g/mol. The number of hydrogen-bond acceptors (Lipinski definition) is 5. The maximum atomic E-state index is 12.5. The van der Waals surface area contributed by atoms with Crippen LogP contribution in [-0.2, 0) is 11.3 Å². The fraction of sp³-hybridized carbons (Fsp3) is 0.471. The van der Waals surface area contributed by atoms with Crippen LogP contribution in [-0.4, -0.2) is 34.8 Å². The Labute approximate surface area is 140 Å². The molecule has 3 heterocycles. The lowest BCUT2D eigenvalue weighted by Crippen LogP contribution is -2.43. The fourth-order valence-electron chi connectivity index (χ4n) is 2.95. The third-order valence-corrected chi connectivity index (χ3v) is 4.27. The van der Waals surface area contributed by atoms with Gasteiger partial charge in [-0.3, -0.25) is 9.59 Å². The molecule has 2 amide bonds. The van der Waals surface area contributed by atoms with E-state index in [1.807, 2.05) is 6.07 Å². The Hall–Kier alpha value is -2.57. The number of carbonyl (C=O) groups is 2. The fourth-order valence-corrected chi connectivity index (χ4v) is 2.95. The van der Waals surface area contributed by atoms with E-state index < -0.39 is 0 Å². The molecule has 3 rings (SSSR count). The quantitative estimate of drug-likeness (QED) is 0.926. The number of hydrogen-bond donors (Lipinski definition) is 1. The van der Waals surface area contributed by atoms with Crippen molar-refractivity contribution in [3.8, 4) is 0 Å². The maximum Gasteiger partial charge on any atom is 0.291 e. The van der Waals surface area contributed by atoms with Crippen LogP contribution in [0.2, 0.25) is 0 Å². The van der Waals surface area contributed by atoms with E-state index in [1.165, 1.54) is 0 Å². The summed E-state index contributed by atoms with van der Waals surface area (Å²) in [6.45, 7) is 4.95. The minimum Gasteiger partial charge on any atom is -0.467 e. The molecule has 1 N–H and O–H groups in total. The number of piperidine rings is 1. The minimum absolute atomic E-state index is 0.00480. The number of nitrogens with one attached hydrogen (secondary N) is 1. The second kappa shape index (κ2) is 6.90. The topological polar surface area (TPSA) is 88.6 Å². The largest absolute Gasteiger partial charge is 0.467 e. The first-order chi connectivity index (χ1) is 11.5. The second-order valence-electron chi connectivity index (χ2n) is 6.01. The van der Waals surface area contributed by atoms with Crippen LogP contribution in [0.25, 0.3) is 0 Å². The molecule has 0 atom stereocenters. The number of likely N-dealkylation sites (tertiary alicyclic amines) is 1. The molecule has 0 aromatic carbocycles. The van der Waals surface area contributed by atoms with Crippen molar-refractivity contribution < 1.29 is 18.4 Å². The van der Waals surface area contributed by atoms with Gasteiger partial charge in [-0.25, -0.2) is 4.98 Å². The van der Waals surface area contributed by atoms with E-state index in [-0.39, 0.29) is 17.7 Å². The lowest BCUT2D eigenvalue weighted by molar-refractivity contribution is -0.126. The summed E-state index contributed by atoms with van der Waals surface area (Å²) in [6.07, 6.45) is 2.86. The van der Waals surface area contributed by atoms with E-state index in [2.05, 4.69) is 10.3 Å². The number of amides is 2. The molecular formula is C17H21N3O4. The molecule has 0 spiro atoms. The highest BCUT2D eigenvalue weighted by Crippen LogP contribution is 2.21. The van der Waals surface area contributed by atoms with Crippen molar-refractivity contribution in [3.63, 3.8) is 0 Å². The van der Waals surface area contributed by atoms with E-state index in [0.717, 1.165) is 5.76 Å². The van der Waals surface area contributed by atoms with Gasteiger partial charge in [0.1, 0.15) is 5.76 Å². The summed E-state index contributed by atoms with van der Waals surface area (Å²) >= 11 is 0. The third-order valence-electron chi connectivity index (χ3n) is 4.27. The first kappa shape index (κ1) is 16.3. The first-order valence-electron chi connectivity index (χ1n) is 8.08. The van der Waals surface area contributed by atoms with E-state index in [9.17, 15) is 9.59 Å². The van der Waals surface area contributed by atoms with Gasteiger partial charge in [0.25, 0.3) is 5.91 Å². The van der Waals surface area contributed by atoms with Crippen molar-refractivity contribution in [2.24, 2.45) is 5.92 Å². The predicted octanol–water partition coefficient (Wildman–Crippen LogP) is 2.05. The van der Waals surface area contributed by atoms with E-state index in [0.29, 0.717) is 49.8 Å². The minimum atomic E-state index is -0.150. The molecule has 24 heavy (non-hydrogen) atoms. The van der Waals surface area contributed by atoms with Gasteiger partial charge in [0.15, 0.2) is 5.89 Å². The normalized spacial score (nSPS) is 15.5. The molecule has 1 saturated heterocycles. The number of aryl methyl sites for hydroxylation is 2. The van der Waals surface area contributed by atoms with Gasteiger partial charge >= 0.3 is 0 Å². The molecule has 0 aliphatic carbocycles. The van der Waals surface area contributed by atoms with Crippen molar-refractivity contribution >= 4 is 11.8 Å². The lowest BCUT2D eigenvalue weighted by Gasteiger charge is -2.30. The molecule has 2 aromatic heterocycles. The van der Waals surface area contributed by atoms with Gasteiger partial charge in [0, 0.05) is 25.9 Å². The number of aromatic nitrogens is 1. The number of furan rings is 1. The molecule has 0 radical (unpaired) electrons. The molecule has 1 aliphatic heterocycles. The highest BCUT2D eigenvalue weighted by atomic mass is 16.4. The Morgan fingerprint density at radius 1 is 1.33 bits per heavy atom. The Kier molecular flexibility index (Phi) is 4.69. The molecule has 2 aromatic rings. The van der Waals surface area contributed by atoms with Crippen molar-refractivity contribution in [1.82, 2.24) is 15.2 Å². The highest BCUT2D eigenvalue weighted by molar-refractivity contribution is 5.92. The van der Waals surface area contributed by atoms with E-state index >= 15 is 0 Å². The maximum absolute atomic E-state index is 12.5. The summed E-state index contributed by atoms with van der Waals surface area (Å²) in [7, 11) is 0. The third kappa shape index (κ3) is 3.50. The van der Waals surface area contributed by atoms with E-state index in [4.69, 9.17) is 8.83 Å². The molecular weight excluding hydrogens is 310 g/mol. The van der Waals surface area contributed by atoms with Crippen molar-refractivity contribution in [3.05, 3.63) is 41.5 Å². The number of rotatable bonds is 4. The van der Waals surface area contributed by atoms with Crippen LogP contribution in [0.5, 0.6) is 0 Å². The zero-order chi connectivity index (χ0) is 17.1. The summed E-state index contributed by atoms with van der Waals surface area (Å²) in [5.41, 5.74) is 0.607. The molecule has 0 saturated carbocycles. The van der Waals surface area contributed by atoms with Gasteiger partial charge in [-0.05, 0) is 31.9 Å². The van der Waals surface area contributed by atoms with Gasteiger partial charge in [-0.1, -0.05) is 0 Å². The SMILES string of the molecule is Cc1nc(C)c(C(=O)N2CCC(C(=O)NCc3ccco3)CC2)o1. The van der Waals surface area contributed by atoms with Crippen LogP contribution in [0.15, 0.2) is 27.2 Å². The number of carbonyl (C=O) groups excluding carboxylic acids is 2. The van der Waals surface area contributed by atoms with Crippen molar-refractivity contribution in [2.75, 3.05) is 13.1 Å². The summed E-state index contributed by atoms with van der Waals surface area (Å²) in [5, 5.41) is 2.88. The summed E-state index contributed by atoms with van der Waals surface area (Å²) in [6, 6.07) is 3.61. The van der Waals surface area contributed by atoms with Gasteiger partial charge in [-0.15, -0.1) is 0 Å².